The zero-order chi connectivity index (χ0) is 10.1. The maximum Gasteiger partial charge on any atom is 0.245 e. The molecular weight excluding hydrogens is 192 g/mol. The molecule has 5 heteroatoms. The molecule has 0 bridgehead atoms. The minimum Gasteiger partial charge on any atom is -0.378 e. The molecule has 1 saturated heterocycles. The summed E-state index contributed by atoms with van der Waals surface area (Å²) in [4.78, 5) is 6.61. The maximum absolute atomic E-state index is 5.29. The average molecular weight is 204 g/mol. The Bertz CT molecular complexity index is 428. The van der Waals surface area contributed by atoms with Crippen LogP contribution < -0.4 is 4.90 Å². The molecule has 0 amide bonds. The van der Waals surface area contributed by atoms with Crippen molar-refractivity contribution in [1.29, 1.82) is 0 Å². The van der Waals surface area contributed by atoms with Crippen LogP contribution in [-0.2, 0) is 4.74 Å². The van der Waals surface area contributed by atoms with E-state index in [1.54, 1.807) is 4.52 Å². The Kier molecular flexibility index (Phi) is 2.03. The third-order valence-corrected chi connectivity index (χ3v) is 2.52. The van der Waals surface area contributed by atoms with Gasteiger partial charge in [-0.05, 0) is 12.1 Å². The second-order valence-corrected chi connectivity index (χ2v) is 3.51. The third-order valence-electron chi connectivity index (χ3n) is 2.52. The largest absolute Gasteiger partial charge is 0.378 e. The second-order valence-electron chi connectivity index (χ2n) is 3.51. The van der Waals surface area contributed by atoms with E-state index < -0.39 is 0 Å². The van der Waals surface area contributed by atoms with Gasteiger partial charge >= 0.3 is 0 Å². The SMILES string of the molecule is c1ccn2nc(N3CCOCC3)nc2c1. The molecule has 0 N–H and O–H groups in total. The molecule has 5 nitrogen and oxygen atoms in total. The highest BCUT2D eigenvalue weighted by Gasteiger charge is 2.15. The Morgan fingerprint density at radius 3 is 2.87 bits per heavy atom. The van der Waals surface area contributed by atoms with Crippen LogP contribution >= 0.6 is 0 Å². The Balaban J connectivity index is 1.96. The minimum atomic E-state index is 0.759. The molecule has 0 saturated carbocycles. The summed E-state index contributed by atoms with van der Waals surface area (Å²) in [5, 5.41) is 4.41. The van der Waals surface area contributed by atoms with Crippen molar-refractivity contribution in [3.63, 3.8) is 0 Å². The molecule has 0 unspecified atom stereocenters. The number of nitrogens with zero attached hydrogens (tertiary/aromatic N) is 4. The number of anilines is 1. The fraction of sp³-hybridized carbons (Fsp3) is 0.400. The topological polar surface area (TPSA) is 42.7 Å². The molecule has 0 spiro atoms. The zero-order valence-electron chi connectivity index (χ0n) is 8.33. The van der Waals surface area contributed by atoms with Gasteiger partial charge in [-0.25, -0.2) is 4.52 Å². The molecule has 3 heterocycles. The van der Waals surface area contributed by atoms with Gasteiger partial charge in [0.1, 0.15) is 0 Å². The van der Waals surface area contributed by atoms with E-state index in [0.717, 1.165) is 37.9 Å². The number of rotatable bonds is 1. The Labute approximate surface area is 87.3 Å². The van der Waals surface area contributed by atoms with Gasteiger partial charge in [-0.15, -0.1) is 5.10 Å². The van der Waals surface area contributed by atoms with E-state index in [1.165, 1.54) is 0 Å². The van der Waals surface area contributed by atoms with E-state index in [0.29, 0.717) is 0 Å². The highest BCUT2D eigenvalue weighted by molar-refractivity contribution is 5.44. The number of fused-ring (bicyclic) bond motifs is 1. The van der Waals surface area contributed by atoms with Gasteiger partial charge in [0.2, 0.25) is 5.95 Å². The lowest BCUT2D eigenvalue weighted by Gasteiger charge is -2.25. The number of morpholine rings is 1. The molecule has 2 aromatic heterocycles. The molecule has 1 aliphatic rings. The molecule has 15 heavy (non-hydrogen) atoms. The summed E-state index contributed by atoms with van der Waals surface area (Å²) in [6, 6.07) is 5.87. The quantitative estimate of drug-likeness (QED) is 0.681. The molecule has 1 aliphatic heterocycles. The van der Waals surface area contributed by atoms with Gasteiger partial charge in [0.15, 0.2) is 5.65 Å². The first-order chi connectivity index (χ1) is 7.43. The van der Waals surface area contributed by atoms with Crippen molar-refractivity contribution in [3.05, 3.63) is 24.4 Å². The van der Waals surface area contributed by atoms with Crippen LogP contribution in [0.2, 0.25) is 0 Å². The molecule has 0 atom stereocenters. The molecule has 0 aliphatic carbocycles. The van der Waals surface area contributed by atoms with E-state index in [2.05, 4.69) is 15.0 Å². The van der Waals surface area contributed by atoms with E-state index in [-0.39, 0.29) is 0 Å². The summed E-state index contributed by atoms with van der Waals surface area (Å²) in [6.45, 7) is 3.26. The molecule has 78 valence electrons. The molecular formula is C10H12N4O. The molecule has 0 radical (unpaired) electrons. The van der Waals surface area contributed by atoms with Gasteiger partial charge in [-0.2, -0.15) is 4.98 Å². The van der Waals surface area contributed by atoms with Crippen LogP contribution in [0.3, 0.4) is 0 Å². The predicted octanol–water partition coefficient (Wildman–Crippen LogP) is 0.566. The van der Waals surface area contributed by atoms with E-state index in [9.17, 15) is 0 Å². The van der Waals surface area contributed by atoms with Crippen LogP contribution in [0.25, 0.3) is 5.65 Å². The summed E-state index contributed by atoms with van der Waals surface area (Å²) >= 11 is 0. The molecule has 3 rings (SSSR count). The Hall–Kier alpha value is -1.62. The first kappa shape index (κ1) is 8.67. The number of hydrogen-bond donors (Lipinski definition) is 0. The third kappa shape index (κ3) is 1.55. The van der Waals surface area contributed by atoms with Crippen molar-refractivity contribution >= 4 is 11.6 Å². The van der Waals surface area contributed by atoms with Gasteiger partial charge < -0.3 is 9.64 Å². The summed E-state index contributed by atoms with van der Waals surface area (Å²) in [5.74, 6) is 0.796. The normalized spacial score (nSPS) is 17.2. The van der Waals surface area contributed by atoms with Gasteiger partial charge in [0.05, 0.1) is 13.2 Å². The maximum atomic E-state index is 5.29. The van der Waals surface area contributed by atoms with Crippen molar-refractivity contribution in [3.8, 4) is 0 Å². The van der Waals surface area contributed by atoms with Crippen molar-refractivity contribution in [2.24, 2.45) is 0 Å². The highest BCUT2D eigenvalue weighted by Crippen LogP contribution is 2.11. The van der Waals surface area contributed by atoms with Crippen molar-refractivity contribution in [2.45, 2.75) is 0 Å². The number of pyridine rings is 1. The van der Waals surface area contributed by atoms with Gasteiger partial charge in [0.25, 0.3) is 0 Å². The summed E-state index contributed by atoms with van der Waals surface area (Å²) < 4.78 is 7.09. The van der Waals surface area contributed by atoms with Gasteiger partial charge in [-0.3, -0.25) is 0 Å². The summed E-state index contributed by atoms with van der Waals surface area (Å²) in [7, 11) is 0. The van der Waals surface area contributed by atoms with Gasteiger partial charge in [-0.1, -0.05) is 6.07 Å². The van der Waals surface area contributed by atoms with Crippen LogP contribution in [0.5, 0.6) is 0 Å². The Morgan fingerprint density at radius 2 is 2.07 bits per heavy atom. The monoisotopic (exact) mass is 204 g/mol. The molecule has 2 aromatic rings. The van der Waals surface area contributed by atoms with Gasteiger partial charge in [0, 0.05) is 19.3 Å². The van der Waals surface area contributed by atoms with Crippen molar-refractivity contribution in [1.82, 2.24) is 14.6 Å². The van der Waals surface area contributed by atoms with E-state index in [4.69, 9.17) is 4.74 Å². The van der Waals surface area contributed by atoms with E-state index >= 15 is 0 Å². The highest BCUT2D eigenvalue weighted by atomic mass is 16.5. The van der Waals surface area contributed by atoms with Crippen LogP contribution in [-0.4, -0.2) is 40.9 Å². The summed E-state index contributed by atoms with van der Waals surface area (Å²) in [6.07, 6.45) is 1.91. The molecule has 0 aromatic carbocycles. The van der Waals surface area contributed by atoms with Crippen LogP contribution in [0.15, 0.2) is 24.4 Å². The van der Waals surface area contributed by atoms with Crippen LogP contribution in [0.1, 0.15) is 0 Å². The second kappa shape index (κ2) is 3.51. The van der Waals surface area contributed by atoms with Crippen LogP contribution in [0.4, 0.5) is 5.95 Å². The lowest BCUT2D eigenvalue weighted by atomic mass is 10.4. The fourth-order valence-electron chi connectivity index (χ4n) is 1.72. The van der Waals surface area contributed by atoms with Crippen molar-refractivity contribution in [2.75, 3.05) is 31.2 Å². The average Bonchev–Trinajstić information content (AvgIpc) is 2.74. The zero-order valence-corrected chi connectivity index (χ0v) is 8.33. The standard InChI is InChI=1S/C10H12N4O/c1-2-4-14-9(3-1)11-10(12-14)13-5-7-15-8-6-13/h1-4H,5-8H2. The van der Waals surface area contributed by atoms with Crippen LogP contribution in [0, 0.1) is 0 Å². The number of hydrogen-bond acceptors (Lipinski definition) is 4. The first-order valence-corrected chi connectivity index (χ1v) is 5.07. The predicted molar refractivity (Wildman–Crippen MR) is 56.0 cm³/mol. The smallest absolute Gasteiger partial charge is 0.245 e. The number of ether oxygens (including phenoxy) is 1. The lowest BCUT2D eigenvalue weighted by Crippen LogP contribution is -2.36. The van der Waals surface area contributed by atoms with Crippen molar-refractivity contribution < 1.29 is 4.74 Å². The minimum absolute atomic E-state index is 0.759. The fourth-order valence-corrected chi connectivity index (χ4v) is 1.72. The number of aromatic nitrogens is 3. The molecule has 1 fully saturated rings. The van der Waals surface area contributed by atoms with E-state index in [1.807, 2.05) is 24.4 Å². The Morgan fingerprint density at radius 1 is 1.20 bits per heavy atom. The summed E-state index contributed by atoms with van der Waals surface area (Å²) in [5.41, 5.74) is 0.888. The lowest BCUT2D eigenvalue weighted by molar-refractivity contribution is 0.122. The first-order valence-electron chi connectivity index (χ1n) is 5.07.